The van der Waals surface area contributed by atoms with Crippen LogP contribution in [0.25, 0.3) is 0 Å². The molecule has 1 saturated heterocycles. The van der Waals surface area contributed by atoms with Crippen LogP contribution < -0.4 is 5.32 Å². The Morgan fingerprint density at radius 1 is 1.17 bits per heavy atom. The van der Waals surface area contributed by atoms with Crippen LogP contribution in [0.15, 0.2) is 0 Å². The summed E-state index contributed by atoms with van der Waals surface area (Å²) in [6, 6.07) is 0. The third-order valence-electron chi connectivity index (χ3n) is 3.75. The Labute approximate surface area is 110 Å². The lowest BCUT2D eigenvalue weighted by Crippen LogP contribution is -2.64. The Balaban J connectivity index is 2.82. The van der Waals surface area contributed by atoms with Gasteiger partial charge in [0.1, 0.15) is 5.54 Å². The number of nitrogens with one attached hydrogen (secondary N) is 1. The predicted molar refractivity (Wildman–Crippen MR) is 72.0 cm³/mol. The first-order chi connectivity index (χ1) is 8.15. The van der Waals surface area contributed by atoms with E-state index in [4.69, 9.17) is 0 Å². The number of nitrogens with zero attached hydrogens (tertiary/aromatic N) is 1. The van der Waals surface area contributed by atoms with Crippen LogP contribution in [0.3, 0.4) is 0 Å². The molecule has 1 aliphatic heterocycles. The molecule has 0 saturated carbocycles. The number of carbonyl (C=O) groups excluding carboxylic acids is 2. The van der Waals surface area contributed by atoms with Crippen molar-refractivity contribution >= 4 is 11.8 Å². The van der Waals surface area contributed by atoms with Gasteiger partial charge in [-0.2, -0.15) is 0 Å². The van der Waals surface area contributed by atoms with Crippen LogP contribution in [0.4, 0.5) is 0 Å². The van der Waals surface area contributed by atoms with Gasteiger partial charge in [-0.05, 0) is 31.6 Å². The molecule has 0 spiro atoms. The number of hydrogen-bond acceptors (Lipinski definition) is 2. The van der Waals surface area contributed by atoms with Gasteiger partial charge in [-0.15, -0.1) is 0 Å². The van der Waals surface area contributed by atoms with Gasteiger partial charge >= 0.3 is 0 Å². The highest BCUT2D eigenvalue weighted by Crippen LogP contribution is 2.24. The van der Waals surface area contributed by atoms with E-state index < -0.39 is 5.54 Å². The second-order valence-corrected chi connectivity index (χ2v) is 6.51. The fraction of sp³-hybridized carbons (Fsp3) is 0.857. The SMILES string of the molecule is CC(C)C(CN1CC(=O)NC(C)(C)C1=O)C(C)C. The Morgan fingerprint density at radius 2 is 1.67 bits per heavy atom. The van der Waals surface area contributed by atoms with Gasteiger partial charge in [0.15, 0.2) is 0 Å². The van der Waals surface area contributed by atoms with Crippen LogP contribution in [0, 0.1) is 17.8 Å². The maximum Gasteiger partial charge on any atom is 0.248 e. The zero-order valence-electron chi connectivity index (χ0n) is 12.4. The number of piperazine rings is 1. The van der Waals surface area contributed by atoms with Crippen LogP contribution in [0.2, 0.25) is 0 Å². The normalized spacial score (nSPS) is 19.9. The molecule has 0 aromatic heterocycles. The first-order valence-corrected chi connectivity index (χ1v) is 6.75. The summed E-state index contributed by atoms with van der Waals surface area (Å²) < 4.78 is 0. The first kappa shape index (κ1) is 15.0. The summed E-state index contributed by atoms with van der Waals surface area (Å²) in [6.07, 6.45) is 0. The maximum absolute atomic E-state index is 12.3. The van der Waals surface area contributed by atoms with Crippen molar-refractivity contribution in [3.8, 4) is 0 Å². The first-order valence-electron chi connectivity index (χ1n) is 6.75. The number of carbonyl (C=O) groups is 2. The van der Waals surface area contributed by atoms with E-state index in [-0.39, 0.29) is 18.4 Å². The van der Waals surface area contributed by atoms with Crippen molar-refractivity contribution in [1.29, 1.82) is 0 Å². The van der Waals surface area contributed by atoms with Gasteiger partial charge in [-0.25, -0.2) is 0 Å². The van der Waals surface area contributed by atoms with E-state index in [9.17, 15) is 9.59 Å². The molecule has 4 heteroatoms. The molecular formula is C14H26N2O2. The number of rotatable bonds is 4. The predicted octanol–water partition coefficient (Wildman–Crippen LogP) is 1.65. The van der Waals surface area contributed by atoms with Crippen LogP contribution >= 0.6 is 0 Å². The van der Waals surface area contributed by atoms with E-state index in [1.807, 2.05) is 0 Å². The number of amides is 2. The third kappa shape index (κ3) is 3.24. The van der Waals surface area contributed by atoms with Crippen molar-refractivity contribution in [2.45, 2.75) is 47.1 Å². The van der Waals surface area contributed by atoms with Crippen molar-refractivity contribution < 1.29 is 9.59 Å². The third-order valence-corrected chi connectivity index (χ3v) is 3.75. The molecule has 0 radical (unpaired) electrons. The van der Waals surface area contributed by atoms with Crippen molar-refractivity contribution in [3.05, 3.63) is 0 Å². The lowest BCUT2D eigenvalue weighted by molar-refractivity contribution is -0.149. The van der Waals surface area contributed by atoms with Crippen LogP contribution in [0.5, 0.6) is 0 Å². The zero-order chi connectivity index (χ0) is 14.1. The molecular weight excluding hydrogens is 228 g/mol. The molecule has 1 rings (SSSR count). The fourth-order valence-corrected chi connectivity index (χ4v) is 2.68. The summed E-state index contributed by atoms with van der Waals surface area (Å²) in [5.41, 5.74) is -0.770. The van der Waals surface area contributed by atoms with Gasteiger partial charge in [0.2, 0.25) is 11.8 Å². The highest BCUT2D eigenvalue weighted by molar-refractivity contribution is 5.97. The molecule has 0 aromatic carbocycles. The van der Waals surface area contributed by atoms with E-state index >= 15 is 0 Å². The summed E-state index contributed by atoms with van der Waals surface area (Å²) in [6.45, 7) is 13.1. The van der Waals surface area contributed by atoms with Gasteiger partial charge in [-0.3, -0.25) is 9.59 Å². The van der Waals surface area contributed by atoms with Crippen molar-refractivity contribution in [3.63, 3.8) is 0 Å². The molecule has 0 bridgehead atoms. The zero-order valence-corrected chi connectivity index (χ0v) is 12.4. The summed E-state index contributed by atoms with van der Waals surface area (Å²) in [5.74, 6) is 1.40. The van der Waals surface area contributed by atoms with Gasteiger partial charge in [0.25, 0.3) is 0 Å². The Kier molecular flexibility index (Phi) is 4.41. The lowest BCUT2D eigenvalue weighted by Gasteiger charge is -2.40. The Bertz CT molecular complexity index is 327. The molecule has 0 aliphatic carbocycles. The minimum absolute atomic E-state index is 0.0217. The molecule has 0 atom stereocenters. The Hall–Kier alpha value is -1.06. The van der Waals surface area contributed by atoms with Crippen LogP contribution in [-0.2, 0) is 9.59 Å². The topological polar surface area (TPSA) is 49.4 Å². The van der Waals surface area contributed by atoms with Gasteiger partial charge in [0, 0.05) is 6.54 Å². The minimum atomic E-state index is -0.770. The fourth-order valence-electron chi connectivity index (χ4n) is 2.68. The smallest absolute Gasteiger partial charge is 0.248 e. The van der Waals surface area contributed by atoms with E-state index in [0.29, 0.717) is 24.3 Å². The van der Waals surface area contributed by atoms with Crippen molar-refractivity contribution in [1.82, 2.24) is 10.2 Å². The summed E-state index contributed by atoms with van der Waals surface area (Å²) in [5, 5.41) is 2.74. The summed E-state index contributed by atoms with van der Waals surface area (Å²) >= 11 is 0. The van der Waals surface area contributed by atoms with Gasteiger partial charge < -0.3 is 10.2 Å². The standard InChI is InChI=1S/C14H26N2O2/c1-9(2)11(10(3)4)7-16-8-12(17)15-14(5,6)13(16)18/h9-11H,7-8H2,1-6H3,(H,15,17). The maximum atomic E-state index is 12.3. The molecule has 1 N–H and O–H groups in total. The molecule has 4 nitrogen and oxygen atoms in total. The highest BCUT2D eigenvalue weighted by atomic mass is 16.2. The van der Waals surface area contributed by atoms with E-state index in [1.165, 1.54) is 0 Å². The Morgan fingerprint density at radius 3 is 2.11 bits per heavy atom. The quantitative estimate of drug-likeness (QED) is 0.829. The lowest BCUT2D eigenvalue weighted by atomic mass is 9.84. The largest absolute Gasteiger partial charge is 0.341 e. The van der Waals surface area contributed by atoms with Crippen LogP contribution in [0.1, 0.15) is 41.5 Å². The van der Waals surface area contributed by atoms with E-state index in [1.54, 1.807) is 18.7 Å². The monoisotopic (exact) mass is 254 g/mol. The molecule has 1 heterocycles. The number of hydrogen-bond donors (Lipinski definition) is 1. The molecule has 104 valence electrons. The molecule has 18 heavy (non-hydrogen) atoms. The minimum Gasteiger partial charge on any atom is -0.341 e. The second kappa shape index (κ2) is 5.29. The van der Waals surface area contributed by atoms with Crippen LogP contribution in [-0.4, -0.2) is 35.3 Å². The molecule has 1 fully saturated rings. The summed E-state index contributed by atoms with van der Waals surface area (Å²) in [7, 11) is 0. The average molecular weight is 254 g/mol. The average Bonchev–Trinajstić information content (AvgIpc) is 2.19. The molecule has 1 aliphatic rings. The van der Waals surface area contributed by atoms with E-state index in [2.05, 4.69) is 33.0 Å². The van der Waals surface area contributed by atoms with Crippen molar-refractivity contribution in [2.75, 3.05) is 13.1 Å². The molecule has 0 aromatic rings. The molecule has 2 amide bonds. The highest BCUT2D eigenvalue weighted by Gasteiger charge is 2.40. The second-order valence-electron chi connectivity index (χ2n) is 6.51. The van der Waals surface area contributed by atoms with E-state index in [0.717, 1.165) is 0 Å². The summed E-state index contributed by atoms with van der Waals surface area (Å²) in [4.78, 5) is 25.6. The van der Waals surface area contributed by atoms with Gasteiger partial charge in [0.05, 0.1) is 6.54 Å². The molecule has 0 unspecified atom stereocenters. The van der Waals surface area contributed by atoms with Gasteiger partial charge in [-0.1, -0.05) is 27.7 Å². The van der Waals surface area contributed by atoms with Crippen molar-refractivity contribution in [2.24, 2.45) is 17.8 Å².